The first-order chi connectivity index (χ1) is 8.15. The highest BCUT2D eigenvalue weighted by Crippen LogP contribution is 2.43. The zero-order chi connectivity index (χ0) is 12.3. The molecule has 0 radical (unpaired) electrons. The van der Waals surface area contributed by atoms with Gasteiger partial charge >= 0.3 is 0 Å². The van der Waals surface area contributed by atoms with Crippen molar-refractivity contribution in [3.05, 3.63) is 0 Å². The van der Waals surface area contributed by atoms with Crippen LogP contribution in [0.15, 0.2) is 0 Å². The third-order valence-corrected chi connectivity index (χ3v) is 5.20. The minimum Gasteiger partial charge on any atom is -0.390 e. The summed E-state index contributed by atoms with van der Waals surface area (Å²) >= 11 is 0. The van der Waals surface area contributed by atoms with Crippen LogP contribution in [-0.2, 0) is 0 Å². The predicted octanol–water partition coefficient (Wildman–Crippen LogP) is 3.05. The second-order valence-electron chi connectivity index (χ2n) is 6.32. The van der Waals surface area contributed by atoms with Crippen molar-refractivity contribution >= 4 is 0 Å². The number of likely N-dealkylation sites (tertiary alicyclic amines) is 1. The Morgan fingerprint density at radius 3 is 2.65 bits per heavy atom. The molecule has 0 amide bonds. The monoisotopic (exact) mass is 239 g/mol. The molecule has 1 saturated carbocycles. The first kappa shape index (κ1) is 13.4. The lowest BCUT2D eigenvalue weighted by atomic mass is 9.67. The fourth-order valence-corrected chi connectivity index (χ4v) is 4.05. The fraction of sp³-hybridized carbons (Fsp3) is 1.00. The molecule has 1 N–H and O–H groups in total. The van der Waals surface area contributed by atoms with Gasteiger partial charge in [-0.25, -0.2) is 0 Å². The van der Waals surface area contributed by atoms with Gasteiger partial charge in [0.15, 0.2) is 0 Å². The van der Waals surface area contributed by atoms with Gasteiger partial charge in [0.25, 0.3) is 0 Å². The summed E-state index contributed by atoms with van der Waals surface area (Å²) in [5, 5.41) is 11.1. The molecule has 0 aromatic carbocycles. The molecule has 0 bridgehead atoms. The lowest BCUT2D eigenvalue weighted by Gasteiger charge is -2.43. The third-order valence-electron chi connectivity index (χ3n) is 5.20. The summed E-state index contributed by atoms with van der Waals surface area (Å²) in [5.41, 5.74) is -0.355. The number of nitrogens with zero attached hydrogens (tertiary/aromatic N) is 1. The van der Waals surface area contributed by atoms with E-state index in [1.54, 1.807) is 0 Å². The van der Waals surface area contributed by atoms with Gasteiger partial charge in [0, 0.05) is 6.54 Å². The Kier molecular flexibility index (Phi) is 4.48. The summed E-state index contributed by atoms with van der Waals surface area (Å²) in [5.74, 6) is 1.35. The van der Waals surface area contributed by atoms with Crippen LogP contribution in [-0.4, -0.2) is 35.7 Å². The van der Waals surface area contributed by atoms with E-state index in [4.69, 9.17) is 0 Å². The maximum Gasteiger partial charge on any atom is 0.0691 e. The summed E-state index contributed by atoms with van der Waals surface area (Å²) in [6.07, 6.45) is 9.76. The number of rotatable bonds is 2. The van der Waals surface area contributed by atoms with Crippen molar-refractivity contribution in [2.24, 2.45) is 11.8 Å². The van der Waals surface area contributed by atoms with Crippen LogP contribution in [0.3, 0.4) is 0 Å². The van der Waals surface area contributed by atoms with Crippen LogP contribution in [0, 0.1) is 11.8 Å². The van der Waals surface area contributed by atoms with Crippen LogP contribution in [0.25, 0.3) is 0 Å². The molecule has 0 aromatic rings. The highest BCUT2D eigenvalue weighted by Gasteiger charge is 2.41. The molecule has 3 atom stereocenters. The molecule has 1 aliphatic carbocycles. The van der Waals surface area contributed by atoms with Gasteiger partial charge in [0.1, 0.15) is 0 Å². The van der Waals surface area contributed by atoms with E-state index in [2.05, 4.69) is 18.9 Å². The molecular weight excluding hydrogens is 210 g/mol. The molecule has 2 rings (SSSR count). The maximum atomic E-state index is 11.1. The highest BCUT2D eigenvalue weighted by atomic mass is 16.3. The Labute approximate surface area is 106 Å². The average molecular weight is 239 g/mol. The van der Waals surface area contributed by atoms with E-state index in [1.807, 2.05) is 0 Å². The lowest BCUT2D eigenvalue weighted by Crippen LogP contribution is -2.44. The molecule has 2 nitrogen and oxygen atoms in total. The van der Waals surface area contributed by atoms with Gasteiger partial charge in [-0.3, -0.25) is 0 Å². The van der Waals surface area contributed by atoms with E-state index in [0.717, 1.165) is 31.8 Å². The third kappa shape index (κ3) is 3.03. The molecule has 1 saturated heterocycles. The Balaban J connectivity index is 2.06. The van der Waals surface area contributed by atoms with Crippen molar-refractivity contribution in [3.8, 4) is 0 Å². The van der Waals surface area contributed by atoms with E-state index >= 15 is 0 Å². The molecule has 2 heteroatoms. The van der Waals surface area contributed by atoms with Crippen LogP contribution in [0.1, 0.15) is 58.3 Å². The average Bonchev–Trinajstić information content (AvgIpc) is 2.52. The Bertz CT molecular complexity index is 243. The first-order valence-electron chi connectivity index (χ1n) is 7.56. The highest BCUT2D eigenvalue weighted by molar-refractivity contribution is 4.93. The van der Waals surface area contributed by atoms with Gasteiger partial charge in [0.2, 0.25) is 0 Å². The predicted molar refractivity (Wildman–Crippen MR) is 72.0 cm³/mol. The fourth-order valence-electron chi connectivity index (χ4n) is 4.05. The molecular formula is C15H29NO. The number of aliphatic hydroxyl groups is 1. The second kappa shape index (κ2) is 5.71. The molecule has 3 unspecified atom stereocenters. The Hall–Kier alpha value is -0.0800. The van der Waals surface area contributed by atoms with Crippen molar-refractivity contribution < 1.29 is 5.11 Å². The topological polar surface area (TPSA) is 23.5 Å². The zero-order valence-electron chi connectivity index (χ0n) is 11.6. The van der Waals surface area contributed by atoms with Gasteiger partial charge in [-0.15, -0.1) is 0 Å². The minimum atomic E-state index is -0.355. The summed E-state index contributed by atoms with van der Waals surface area (Å²) in [4.78, 5) is 2.38. The van der Waals surface area contributed by atoms with Gasteiger partial charge in [-0.1, -0.05) is 32.6 Å². The molecule has 1 aliphatic heterocycles. The van der Waals surface area contributed by atoms with E-state index in [1.165, 1.54) is 38.5 Å². The largest absolute Gasteiger partial charge is 0.390 e. The normalized spacial score (nSPS) is 41.1. The van der Waals surface area contributed by atoms with Crippen LogP contribution < -0.4 is 0 Å². The van der Waals surface area contributed by atoms with Gasteiger partial charge in [0.05, 0.1) is 5.60 Å². The van der Waals surface area contributed by atoms with Crippen molar-refractivity contribution in [1.82, 2.24) is 4.90 Å². The number of hydrogen-bond acceptors (Lipinski definition) is 2. The maximum absolute atomic E-state index is 11.1. The summed E-state index contributed by atoms with van der Waals surface area (Å²) in [6, 6.07) is 0. The summed E-state index contributed by atoms with van der Waals surface area (Å²) < 4.78 is 0. The molecule has 0 spiro atoms. The molecule has 1 heterocycles. The summed E-state index contributed by atoms with van der Waals surface area (Å²) in [7, 11) is 2.18. The molecule has 2 aliphatic rings. The van der Waals surface area contributed by atoms with Crippen molar-refractivity contribution in [2.75, 3.05) is 20.1 Å². The van der Waals surface area contributed by atoms with E-state index in [-0.39, 0.29) is 5.60 Å². The van der Waals surface area contributed by atoms with Crippen molar-refractivity contribution in [2.45, 2.75) is 63.9 Å². The Morgan fingerprint density at radius 2 is 1.88 bits per heavy atom. The lowest BCUT2D eigenvalue weighted by molar-refractivity contribution is -0.0679. The molecule has 100 valence electrons. The molecule has 17 heavy (non-hydrogen) atoms. The zero-order valence-corrected chi connectivity index (χ0v) is 11.6. The summed E-state index contributed by atoms with van der Waals surface area (Å²) in [6.45, 7) is 4.53. The first-order valence-corrected chi connectivity index (χ1v) is 7.56. The molecule has 2 fully saturated rings. The van der Waals surface area contributed by atoms with Crippen LogP contribution in [0.2, 0.25) is 0 Å². The van der Waals surface area contributed by atoms with Crippen LogP contribution in [0.5, 0.6) is 0 Å². The van der Waals surface area contributed by atoms with Crippen LogP contribution >= 0.6 is 0 Å². The van der Waals surface area contributed by atoms with E-state index in [9.17, 15) is 5.11 Å². The number of hydrogen-bond donors (Lipinski definition) is 1. The van der Waals surface area contributed by atoms with Crippen LogP contribution in [0.4, 0.5) is 0 Å². The van der Waals surface area contributed by atoms with E-state index < -0.39 is 0 Å². The standard InChI is InChI=1S/C15H29NO/c1-3-13-7-4-5-8-14(13)15(17)9-6-11-16(2)12-10-15/h13-14,17H,3-12H2,1-2H3. The van der Waals surface area contributed by atoms with Gasteiger partial charge in [-0.05, 0) is 51.1 Å². The Morgan fingerprint density at radius 1 is 1.12 bits per heavy atom. The second-order valence-corrected chi connectivity index (χ2v) is 6.32. The quantitative estimate of drug-likeness (QED) is 0.800. The van der Waals surface area contributed by atoms with Gasteiger partial charge in [-0.2, -0.15) is 0 Å². The van der Waals surface area contributed by atoms with Crippen molar-refractivity contribution in [3.63, 3.8) is 0 Å². The van der Waals surface area contributed by atoms with E-state index in [0.29, 0.717) is 5.92 Å². The minimum absolute atomic E-state index is 0.355. The van der Waals surface area contributed by atoms with Crippen molar-refractivity contribution in [1.29, 1.82) is 0 Å². The smallest absolute Gasteiger partial charge is 0.0691 e. The molecule has 0 aromatic heterocycles. The van der Waals surface area contributed by atoms with Gasteiger partial charge < -0.3 is 10.0 Å². The SMILES string of the molecule is CCC1CCCCC1C1(O)CCCN(C)CC1.